The summed E-state index contributed by atoms with van der Waals surface area (Å²) < 4.78 is 5.44. The molecular weight excluding hydrogens is 350 g/mol. The number of benzene rings is 1. The van der Waals surface area contributed by atoms with Gasteiger partial charge in [0.05, 0.1) is 5.92 Å². The summed E-state index contributed by atoms with van der Waals surface area (Å²) in [5, 5.41) is 7.43. The van der Waals surface area contributed by atoms with Gasteiger partial charge in [0.2, 0.25) is 5.91 Å². The Labute approximate surface area is 160 Å². The molecule has 26 heavy (non-hydrogen) atoms. The second-order valence-electron chi connectivity index (χ2n) is 7.27. The number of likely N-dealkylation sites (N-methyl/N-ethyl adjacent to an activating group) is 1. The van der Waals surface area contributed by atoms with Crippen LogP contribution in [0.25, 0.3) is 0 Å². The minimum atomic E-state index is -0.144. The zero-order valence-electron chi connectivity index (χ0n) is 15.6. The van der Waals surface area contributed by atoms with Crippen molar-refractivity contribution in [2.75, 3.05) is 33.4 Å². The van der Waals surface area contributed by atoms with Crippen molar-refractivity contribution in [2.24, 2.45) is 5.92 Å². The number of rotatable bonds is 6. The lowest BCUT2D eigenvalue weighted by Crippen LogP contribution is -2.36. The van der Waals surface area contributed by atoms with E-state index in [1.54, 1.807) is 0 Å². The van der Waals surface area contributed by atoms with Crippen molar-refractivity contribution in [3.05, 3.63) is 46.1 Å². The molecule has 0 saturated carbocycles. The molecular formula is C20H28ClN3O2. The lowest BCUT2D eigenvalue weighted by Gasteiger charge is -2.26. The third-order valence-corrected chi connectivity index (χ3v) is 5.40. The number of amides is 1. The Balaban J connectivity index is 1.60. The number of halogens is 1. The Kier molecular flexibility index (Phi) is 6.57. The van der Waals surface area contributed by atoms with Gasteiger partial charge in [0.1, 0.15) is 0 Å². The number of hydrogen-bond acceptors (Lipinski definition) is 4. The number of carbonyl (C=O) groups is 1. The molecule has 1 amide bonds. The summed E-state index contributed by atoms with van der Waals surface area (Å²) in [4.78, 5) is 14.9. The van der Waals surface area contributed by atoms with Gasteiger partial charge in [-0.05, 0) is 50.1 Å². The maximum Gasteiger partial charge on any atom is 0.227 e. The van der Waals surface area contributed by atoms with Crippen LogP contribution in [0.2, 0.25) is 5.02 Å². The summed E-state index contributed by atoms with van der Waals surface area (Å²) in [7, 11) is 2.09. The molecule has 1 unspecified atom stereocenters. The van der Waals surface area contributed by atoms with Gasteiger partial charge in [0, 0.05) is 49.6 Å². The molecule has 1 saturated heterocycles. The SMILES string of the molecule is CC(C(=O)NCc1ccc(Cl)cc1)C1=C(NC2CCOCC2)CN(C)C1. The first-order chi connectivity index (χ1) is 12.5. The summed E-state index contributed by atoms with van der Waals surface area (Å²) in [6.45, 7) is 5.85. The zero-order valence-corrected chi connectivity index (χ0v) is 16.3. The first kappa shape index (κ1) is 19.2. The van der Waals surface area contributed by atoms with Crippen molar-refractivity contribution in [1.82, 2.24) is 15.5 Å². The smallest absolute Gasteiger partial charge is 0.227 e. The van der Waals surface area contributed by atoms with Crippen LogP contribution in [0.15, 0.2) is 35.5 Å². The molecule has 1 aromatic carbocycles. The maximum atomic E-state index is 12.7. The summed E-state index contributed by atoms with van der Waals surface area (Å²) in [5.41, 5.74) is 3.47. The second kappa shape index (κ2) is 8.89. The van der Waals surface area contributed by atoms with Gasteiger partial charge in [0.25, 0.3) is 0 Å². The van der Waals surface area contributed by atoms with Crippen molar-refractivity contribution in [3.63, 3.8) is 0 Å². The van der Waals surface area contributed by atoms with E-state index < -0.39 is 0 Å². The number of nitrogens with one attached hydrogen (secondary N) is 2. The molecule has 0 aromatic heterocycles. The van der Waals surface area contributed by atoms with Gasteiger partial charge in [-0.25, -0.2) is 0 Å². The number of carbonyl (C=O) groups excluding carboxylic acids is 1. The van der Waals surface area contributed by atoms with Gasteiger partial charge in [-0.2, -0.15) is 0 Å². The monoisotopic (exact) mass is 377 g/mol. The van der Waals surface area contributed by atoms with Crippen molar-refractivity contribution in [3.8, 4) is 0 Å². The lowest BCUT2D eigenvalue weighted by molar-refractivity contribution is -0.123. The molecule has 5 nitrogen and oxygen atoms in total. The summed E-state index contributed by atoms with van der Waals surface area (Å²) >= 11 is 5.91. The van der Waals surface area contributed by atoms with Gasteiger partial charge < -0.3 is 15.4 Å². The van der Waals surface area contributed by atoms with Crippen LogP contribution in [0, 0.1) is 5.92 Å². The highest BCUT2D eigenvalue weighted by molar-refractivity contribution is 6.30. The Morgan fingerprint density at radius 3 is 2.65 bits per heavy atom. The summed E-state index contributed by atoms with van der Waals surface area (Å²) in [6.07, 6.45) is 2.05. The number of ether oxygens (including phenoxy) is 1. The summed E-state index contributed by atoms with van der Waals surface area (Å²) in [5.74, 6) is -0.0777. The predicted molar refractivity (Wildman–Crippen MR) is 104 cm³/mol. The molecule has 2 heterocycles. The fourth-order valence-corrected chi connectivity index (χ4v) is 3.67. The average Bonchev–Trinajstić information content (AvgIpc) is 3.01. The molecule has 0 spiro atoms. The standard InChI is InChI=1S/C20H28ClN3O2/c1-14(20(25)22-11-15-3-5-16(21)6-4-15)18-12-24(2)13-19(18)23-17-7-9-26-10-8-17/h3-6,14,17,23H,7-13H2,1-2H3,(H,22,25). The molecule has 2 aliphatic heterocycles. The minimum absolute atomic E-state index is 0.0662. The minimum Gasteiger partial charge on any atom is -0.384 e. The quantitative estimate of drug-likeness (QED) is 0.800. The molecule has 6 heteroatoms. The van der Waals surface area contributed by atoms with E-state index in [1.165, 1.54) is 11.3 Å². The van der Waals surface area contributed by atoms with Crippen LogP contribution in [0.5, 0.6) is 0 Å². The van der Waals surface area contributed by atoms with Crippen molar-refractivity contribution < 1.29 is 9.53 Å². The van der Waals surface area contributed by atoms with Crippen LogP contribution in [0.3, 0.4) is 0 Å². The third-order valence-electron chi connectivity index (χ3n) is 5.15. The molecule has 1 fully saturated rings. The fourth-order valence-electron chi connectivity index (χ4n) is 3.54. The average molecular weight is 378 g/mol. The Bertz CT molecular complexity index is 654. The number of hydrogen-bond donors (Lipinski definition) is 2. The highest BCUT2D eigenvalue weighted by Crippen LogP contribution is 2.24. The van der Waals surface area contributed by atoms with Crippen molar-refractivity contribution in [2.45, 2.75) is 32.4 Å². The molecule has 2 aliphatic rings. The van der Waals surface area contributed by atoms with Gasteiger partial charge in [-0.1, -0.05) is 23.7 Å². The second-order valence-corrected chi connectivity index (χ2v) is 7.71. The molecule has 1 atom stereocenters. The summed E-state index contributed by atoms with van der Waals surface area (Å²) in [6, 6.07) is 8.01. The van der Waals surface area contributed by atoms with Gasteiger partial charge in [-0.15, -0.1) is 0 Å². The van der Waals surface area contributed by atoms with Gasteiger partial charge >= 0.3 is 0 Å². The van der Waals surface area contributed by atoms with E-state index in [2.05, 4.69) is 22.6 Å². The number of nitrogens with zero attached hydrogens (tertiary/aromatic N) is 1. The Morgan fingerprint density at radius 1 is 1.27 bits per heavy atom. The molecule has 0 radical (unpaired) electrons. The lowest BCUT2D eigenvalue weighted by atomic mass is 9.98. The van der Waals surface area contributed by atoms with E-state index in [0.29, 0.717) is 17.6 Å². The first-order valence-corrected chi connectivity index (χ1v) is 9.67. The van der Waals surface area contributed by atoms with Crippen LogP contribution in [-0.4, -0.2) is 50.2 Å². The van der Waals surface area contributed by atoms with E-state index >= 15 is 0 Å². The van der Waals surface area contributed by atoms with Gasteiger partial charge in [0.15, 0.2) is 0 Å². The van der Waals surface area contributed by atoms with Crippen LogP contribution in [0.1, 0.15) is 25.3 Å². The first-order valence-electron chi connectivity index (χ1n) is 9.30. The van der Waals surface area contributed by atoms with E-state index in [-0.39, 0.29) is 11.8 Å². The van der Waals surface area contributed by atoms with E-state index in [0.717, 1.165) is 44.7 Å². The fraction of sp³-hybridized carbons (Fsp3) is 0.550. The Hall–Kier alpha value is -1.56. The molecule has 2 N–H and O–H groups in total. The van der Waals surface area contributed by atoms with E-state index in [1.807, 2.05) is 31.2 Å². The van der Waals surface area contributed by atoms with Crippen LogP contribution >= 0.6 is 11.6 Å². The van der Waals surface area contributed by atoms with Crippen LogP contribution in [-0.2, 0) is 16.1 Å². The highest BCUT2D eigenvalue weighted by atomic mass is 35.5. The van der Waals surface area contributed by atoms with Crippen molar-refractivity contribution >= 4 is 17.5 Å². The Morgan fingerprint density at radius 2 is 1.96 bits per heavy atom. The predicted octanol–water partition coefficient (Wildman–Crippen LogP) is 2.56. The van der Waals surface area contributed by atoms with Crippen LogP contribution < -0.4 is 10.6 Å². The maximum absolute atomic E-state index is 12.7. The van der Waals surface area contributed by atoms with Crippen molar-refractivity contribution in [1.29, 1.82) is 0 Å². The van der Waals surface area contributed by atoms with Crippen LogP contribution in [0.4, 0.5) is 0 Å². The third kappa shape index (κ3) is 5.00. The molecule has 0 aliphatic carbocycles. The zero-order chi connectivity index (χ0) is 18.5. The molecule has 142 valence electrons. The molecule has 3 rings (SSSR count). The normalized spacial score (nSPS) is 20.3. The largest absolute Gasteiger partial charge is 0.384 e. The van der Waals surface area contributed by atoms with Gasteiger partial charge in [-0.3, -0.25) is 9.69 Å². The molecule has 1 aromatic rings. The van der Waals surface area contributed by atoms with E-state index in [9.17, 15) is 4.79 Å². The van der Waals surface area contributed by atoms with E-state index in [4.69, 9.17) is 16.3 Å². The molecule has 0 bridgehead atoms. The highest BCUT2D eigenvalue weighted by Gasteiger charge is 2.28. The topological polar surface area (TPSA) is 53.6 Å².